The predicted molar refractivity (Wildman–Crippen MR) is 83.0 cm³/mol. The highest BCUT2D eigenvalue weighted by Crippen LogP contribution is 2.31. The van der Waals surface area contributed by atoms with Crippen LogP contribution >= 0.6 is 11.3 Å². The lowest BCUT2D eigenvalue weighted by Gasteiger charge is -2.13. The van der Waals surface area contributed by atoms with Gasteiger partial charge >= 0.3 is 0 Å². The van der Waals surface area contributed by atoms with E-state index < -0.39 is 0 Å². The van der Waals surface area contributed by atoms with E-state index in [2.05, 4.69) is 31.3 Å². The molecule has 0 bridgehead atoms. The predicted octanol–water partition coefficient (Wildman–Crippen LogP) is 3.79. The number of ether oxygens (including phenoxy) is 1. The van der Waals surface area contributed by atoms with Crippen molar-refractivity contribution < 1.29 is 4.74 Å². The summed E-state index contributed by atoms with van der Waals surface area (Å²) in [4.78, 5) is 1.84. The molecule has 0 aliphatic carbocycles. The Morgan fingerprint density at radius 1 is 1.30 bits per heavy atom. The second-order valence-electron chi connectivity index (χ2n) is 4.84. The summed E-state index contributed by atoms with van der Waals surface area (Å²) >= 11 is 1.51. The van der Waals surface area contributed by atoms with E-state index in [4.69, 9.17) is 10.00 Å². The number of nitrogens with zero attached hydrogens (tertiary/aromatic N) is 1. The highest BCUT2D eigenvalue weighted by atomic mass is 32.1. The normalized spacial score (nSPS) is 10.6. The van der Waals surface area contributed by atoms with E-state index in [0.717, 1.165) is 33.2 Å². The minimum Gasteiger partial charge on any atom is -0.496 e. The molecule has 4 heteroatoms. The molecule has 0 radical (unpaired) electrons. The van der Waals surface area contributed by atoms with Crippen LogP contribution < -0.4 is 10.1 Å². The number of benzene rings is 1. The van der Waals surface area contributed by atoms with Crippen molar-refractivity contribution in [3.63, 3.8) is 0 Å². The largest absolute Gasteiger partial charge is 0.496 e. The minimum absolute atomic E-state index is 0.426. The van der Waals surface area contributed by atoms with Gasteiger partial charge < -0.3 is 10.1 Å². The fourth-order valence-electron chi connectivity index (χ4n) is 1.94. The zero-order valence-electron chi connectivity index (χ0n) is 11.9. The van der Waals surface area contributed by atoms with Gasteiger partial charge in [0.05, 0.1) is 7.11 Å². The molecule has 0 atom stereocenters. The highest BCUT2D eigenvalue weighted by Gasteiger charge is 2.08. The summed E-state index contributed by atoms with van der Waals surface area (Å²) in [6.07, 6.45) is 0. The molecule has 1 heterocycles. The standard InChI is InChI=1S/C16H18N2OS/c1-11(2)18-10-13-8-12(4-6-15(13)19-3)16-7-5-14(9-17)20-16/h4-8,11,18H,10H2,1-3H3. The molecule has 104 valence electrons. The van der Waals surface area contributed by atoms with Crippen LogP contribution in [0.25, 0.3) is 10.4 Å². The van der Waals surface area contributed by atoms with E-state index in [1.165, 1.54) is 11.3 Å². The number of nitrogens with one attached hydrogen (secondary N) is 1. The molecule has 1 aromatic carbocycles. The Morgan fingerprint density at radius 3 is 2.70 bits per heavy atom. The second kappa shape index (κ2) is 6.56. The SMILES string of the molecule is COc1ccc(-c2ccc(C#N)s2)cc1CNC(C)C. The van der Waals surface area contributed by atoms with Crippen molar-refractivity contribution in [2.45, 2.75) is 26.4 Å². The Morgan fingerprint density at radius 2 is 2.10 bits per heavy atom. The third-order valence-corrected chi connectivity index (χ3v) is 4.02. The molecule has 0 saturated carbocycles. The van der Waals surface area contributed by atoms with Gasteiger partial charge in [0, 0.05) is 23.0 Å². The van der Waals surface area contributed by atoms with Crippen LogP contribution in [0.1, 0.15) is 24.3 Å². The summed E-state index contributed by atoms with van der Waals surface area (Å²) in [6.45, 7) is 5.01. The quantitative estimate of drug-likeness (QED) is 0.909. The monoisotopic (exact) mass is 286 g/mol. The van der Waals surface area contributed by atoms with E-state index in [0.29, 0.717) is 6.04 Å². The molecular formula is C16H18N2OS. The van der Waals surface area contributed by atoms with Crippen LogP contribution in [0.15, 0.2) is 30.3 Å². The maximum atomic E-state index is 8.91. The van der Waals surface area contributed by atoms with Gasteiger partial charge in [-0.3, -0.25) is 0 Å². The summed E-state index contributed by atoms with van der Waals surface area (Å²) in [5.74, 6) is 0.888. The van der Waals surface area contributed by atoms with Gasteiger partial charge in [0.15, 0.2) is 0 Å². The first-order valence-electron chi connectivity index (χ1n) is 6.54. The summed E-state index contributed by atoms with van der Waals surface area (Å²) in [5, 5.41) is 12.3. The Hall–Kier alpha value is -1.83. The van der Waals surface area contributed by atoms with Crippen molar-refractivity contribution in [2.75, 3.05) is 7.11 Å². The highest BCUT2D eigenvalue weighted by molar-refractivity contribution is 7.16. The molecule has 0 unspecified atom stereocenters. The van der Waals surface area contributed by atoms with Crippen LogP contribution in [0, 0.1) is 11.3 Å². The lowest BCUT2D eigenvalue weighted by molar-refractivity contribution is 0.406. The first-order chi connectivity index (χ1) is 9.63. The maximum Gasteiger partial charge on any atom is 0.123 e. The zero-order chi connectivity index (χ0) is 14.5. The number of nitriles is 1. The van der Waals surface area contributed by atoms with E-state index in [9.17, 15) is 0 Å². The van der Waals surface area contributed by atoms with E-state index in [1.807, 2.05) is 24.3 Å². The molecule has 1 aromatic heterocycles. The molecule has 20 heavy (non-hydrogen) atoms. The third kappa shape index (κ3) is 3.38. The number of thiophene rings is 1. The molecule has 0 saturated heterocycles. The number of hydrogen-bond donors (Lipinski definition) is 1. The number of hydrogen-bond acceptors (Lipinski definition) is 4. The van der Waals surface area contributed by atoms with Gasteiger partial charge in [-0.2, -0.15) is 5.26 Å². The van der Waals surface area contributed by atoms with Gasteiger partial charge in [0.2, 0.25) is 0 Å². The average molecular weight is 286 g/mol. The van der Waals surface area contributed by atoms with Crippen molar-refractivity contribution in [2.24, 2.45) is 0 Å². The molecule has 1 N–H and O–H groups in total. The van der Waals surface area contributed by atoms with Crippen molar-refractivity contribution in [3.05, 3.63) is 40.8 Å². The first kappa shape index (κ1) is 14.6. The second-order valence-corrected chi connectivity index (χ2v) is 5.92. The van der Waals surface area contributed by atoms with Crippen molar-refractivity contribution in [3.8, 4) is 22.3 Å². The van der Waals surface area contributed by atoms with Crippen LogP contribution in [-0.4, -0.2) is 13.2 Å². The topological polar surface area (TPSA) is 45.0 Å². The van der Waals surface area contributed by atoms with Crippen LogP contribution in [-0.2, 0) is 6.54 Å². The number of methoxy groups -OCH3 is 1. The molecule has 0 amide bonds. The van der Waals surface area contributed by atoms with Gasteiger partial charge in [-0.05, 0) is 35.9 Å². The molecule has 3 nitrogen and oxygen atoms in total. The summed E-state index contributed by atoms with van der Waals surface area (Å²) in [5.41, 5.74) is 2.25. The Labute approximate surface area is 123 Å². The lowest BCUT2D eigenvalue weighted by Crippen LogP contribution is -2.22. The summed E-state index contributed by atoms with van der Waals surface area (Å²) in [7, 11) is 1.69. The van der Waals surface area contributed by atoms with Crippen LogP contribution in [0.5, 0.6) is 5.75 Å². The van der Waals surface area contributed by atoms with E-state index in [-0.39, 0.29) is 0 Å². The average Bonchev–Trinajstić information content (AvgIpc) is 2.93. The van der Waals surface area contributed by atoms with Crippen LogP contribution in [0.3, 0.4) is 0 Å². The van der Waals surface area contributed by atoms with Crippen LogP contribution in [0.4, 0.5) is 0 Å². The van der Waals surface area contributed by atoms with E-state index >= 15 is 0 Å². The summed E-state index contributed by atoms with van der Waals surface area (Å²) in [6, 6.07) is 12.6. The molecular weight excluding hydrogens is 268 g/mol. The smallest absolute Gasteiger partial charge is 0.123 e. The molecule has 0 fully saturated rings. The van der Waals surface area contributed by atoms with Gasteiger partial charge in [-0.15, -0.1) is 11.3 Å². The van der Waals surface area contributed by atoms with Gasteiger partial charge in [0.1, 0.15) is 16.7 Å². The molecule has 0 aliphatic rings. The third-order valence-electron chi connectivity index (χ3n) is 2.98. The summed E-state index contributed by atoms with van der Waals surface area (Å²) < 4.78 is 5.41. The molecule has 0 spiro atoms. The minimum atomic E-state index is 0.426. The molecule has 2 aromatic rings. The van der Waals surface area contributed by atoms with Gasteiger partial charge in [-0.1, -0.05) is 13.8 Å². The van der Waals surface area contributed by atoms with Gasteiger partial charge in [-0.25, -0.2) is 0 Å². The fraction of sp³-hybridized carbons (Fsp3) is 0.312. The lowest BCUT2D eigenvalue weighted by atomic mass is 10.1. The first-order valence-corrected chi connectivity index (χ1v) is 7.36. The van der Waals surface area contributed by atoms with Crippen molar-refractivity contribution >= 4 is 11.3 Å². The molecule has 0 aliphatic heterocycles. The van der Waals surface area contributed by atoms with Crippen molar-refractivity contribution in [1.29, 1.82) is 5.26 Å². The maximum absolute atomic E-state index is 8.91. The number of rotatable bonds is 5. The molecule has 2 rings (SSSR count). The Balaban J connectivity index is 2.31. The van der Waals surface area contributed by atoms with Gasteiger partial charge in [0.25, 0.3) is 0 Å². The van der Waals surface area contributed by atoms with Crippen molar-refractivity contribution in [1.82, 2.24) is 5.32 Å². The van der Waals surface area contributed by atoms with E-state index in [1.54, 1.807) is 7.11 Å². The zero-order valence-corrected chi connectivity index (χ0v) is 12.8. The Kier molecular flexibility index (Phi) is 4.78. The van der Waals surface area contributed by atoms with Crippen LogP contribution in [0.2, 0.25) is 0 Å². The Bertz CT molecular complexity index is 626. The fourth-order valence-corrected chi connectivity index (χ4v) is 2.74.